The third-order valence-electron chi connectivity index (χ3n) is 2.57. The lowest BCUT2D eigenvalue weighted by Gasteiger charge is -2.18. The molecule has 0 aliphatic carbocycles. The Morgan fingerprint density at radius 3 is 2.26 bits per heavy atom. The van der Waals surface area contributed by atoms with E-state index in [1.54, 1.807) is 0 Å². The smallest absolute Gasteiger partial charge is 0.265 e. The summed E-state index contributed by atoms with van der Waals surface area (Å²) in [7, 11) is 0. The Morgan fingerprint density at radius 2 is 1.79 bits per heavy atom. The van der Waals surface area contributed by atoms with Crippen LogP contribution in [0.3, 0.4) is 0 Å². The third kappa shape index (κ3) is 4.27. The predicted octanol–water partition coefficient (Wildman–Crippen LogP) is 2.07. The zero-order valence-electron chi connectivity index (χ0n) is 11.3. The Balaban J connectivity index is 2.90. The molecule has 1 aromatic rings. The molecule has 0 aliphatic rings. The first-order valence-electron chi connectivity index (χ1n) is 6.26. The lowest BCUT2D eigenvalue weighted by Crippen LogP contribution is -2.27. The number of rotatable bonds is 7. The molecule has 0 saturated heterocycles. The molecule has 1 aromatic heterocycles. The summed E-state index contributed by atoms with van der Waals surface area (Å²) >= 11 is 0. The standard InChI is InChI=1S/C12H20F2N4O/c1-4-15-11-9(7(2)3)12(18-6-17-11)16-5-8(19)10(13)14/h6-8,10,19H,4-5H2,1-3H3,(H2,15,16,17,18). The Labute approximate surface area is 111 Å². The van der Waals surface area contributed by atoms with Gasteiger partial charge >= 0.3 is 0 Å². The fraction of sp³-hybridized carbons (Fsp3) is 0.667. The van der Waals surface area contributed by atoms with Crippen molar-refractivity contribution >= 4 is 11.6 Å². The quantitative estimate of drug-likeness (QED) is 0.710. The lowest BCUT2D eigenvalue weighted by atomic mass is 10.0. The molecule has 19 heavy (non-hydrogen) atoms. The summed E-state index contributed by atoms with van der Waals surface area (Å²) < 4.78 is 24.5. The van der Waals surface area contributed by atoms with Crippen molar-refractivity contribution < 1.29 is 13.9 Å². The van der Waals surface area contributed by atoms with Gasteiger partial charge in [-0.05, 0) is 12.8 Å². The van der Waals surface area contributed by atoms with Gasteiger partial charge in [-0.1, -0.05) is 13.8 Å². The van der Waals surface area contributed by atoms with Crippen LogP contribution in [0.4, 0.5) is 20.4 Å². The Morgan fingerprint density at radius 1 is 1.21 bits per heavy atom. The Kier molecular flexibility index (Phi) is 5.88. The van der Waals surface area contributed by atoms with Crippen molar-refractivity contribution in [3.05, 3.63) is 11.9 Å². The number of aromatic nitrogens is 2. The number of hydrogen-bond acceptors (Lipinski definition) is 5. The van der Waals surface area contributed by atoms with E-state index in [1.807, 2.05) is 20.8 Å². The van der Waals surface area contributed by atoms with Gasteiger partial charge in [-0.3, -0.25) is 0 Å². The highest BCUT2D eigenvalue weighted by Crippen LogP contribution is 2.28. The fourth-order valence-corrected chi connectivity index (χ4v) is 1.68. The van der Waals surface area contributed by atoms with Crippen molar-refractivity contribution in [2.75, 3.05) is 23.7 Å². The van der Waals surface area contributed by atoms with Crippen LogP contribution in [0.1, 0.15) is 32.3 Å². The van der Waals surface area contributed by atoms with Crippen LogP contribution in [0.15, 0.2) is 6.33 Å². The van der Waals surface area contributed by atoms with E-state index >= 15 is 0 Å². The number of halogens is 2. The first-order valence-corrected chi connectivity index (χ1v) is 6.26. The van der Waals surface area contributed by atoms with E-state index in [0.29, 0.717) is 18.2 Å². The zero-order chi connectivity index (χ0) is 14.4. The van der Waals surface area contributed by atoms with Gasteiger partial charge in [0.1, 0.15) is 24.1 Å². The van der Waals surface area contributed by atoms with Crippen molar-refractivity contribution in [1.29, 1.82) is 0 Å². The van der Waals surface area contributed by atoms with Crippen LogP contribution in [0, 0.1) is 0 Å². The van der Waals surface area contributed by atoms with Crippen LogP contribution in [-0.2, 0) is 0 Å². The van der Waals surface area contributed by atoms with Crippen LogP contribution in [0.5, 0.6) is 0 Å². The molecule has 3 N–H and O–H groups in total. The number of aliphatic hydroxyl groups excluding tert-OH is 1. The summed E-state index contributed by atoms with van der Waals surface area (Å²) in [6.07, 6.45) is -3.12. The Bertz CT molecular complexity index is 401. The molecule has 0 bridgehead atoms. The molecule has 1 rings (SSSR count). The Hall–Kier alpha value is -1.50. The SMILES string of the molecule is CCNc1ncnc(NCC(O)C(F)F)c1C(C)C. The van der Waals surface area contributed by atoms with Crippen molar-refractivity contribution in [2.45, 2.75) is 39.2 Å². The van der Waals surface area contributed by atoms with Crippen molar-refractivity contribution in [3.8, 4) is 0 Å². The minimum absolute atomic E-state index is 0.126. The molecule has 0 saturated carbocycles. The molecule has 0 amide bonds. The van der Waals surface area contributed by atoms with Crippen molar-refractivity contribution in [3.63, 3.8) is 0 Å². The lowest BCUT2D eigenvalue weighted by molar-refractivity contribution is 0.00379. The largest absolute Gasteiger partial charge is 0.385 e. The maximum absolute atomic E-state index is 12.3. The molecular weight excluding hydrogens is 254 g/mol. The predicted molar refractivity (Wildman–Crippen MR) is 70.8 cm³/mol. The second-order valence-electron chi connectivity index (χ2n) is 4.45. The summed E-state index contributed by atoms with van der Waals surface area (Å²) in [5.74, 6) is 1.28. The van der Waals surface area contributed by atoms with E-state index in [2.05, 4.69) is 20.6 Å². The van der Waals surface area contributed by atoms with Crippen LogP contribution in [0.2, 0.25) is 0 Å². The molecule has 0 spiro atoms. The minimum Gasteiger partial charge on any atom is -0.385 e. The van der Waals surface area contributed by atoms with E-state index < -0.39 is 12.5 Å². The average molecular weight is 274 g/mol. The van der Waals surface area contributed by atoms with E-state index in [0.717, 1.165) is 5.56 Å². The maximum atomic E-state index is 12.3. The van der Waals surface area contributed by atoms with Gasteiger partial charge in [0.2, 0.25) is 0 Å². The van der Waals surface area contributed by atoms with E-state index in [9.17, 15) is 8.78 Å². The van der Waals surface area contributed by atoms with E-state index in [-0.39, 0.29) is 12.5 Å². The van der Waals surface area contributed by atoms with Crippen LogP contribution < -0.4 is 10.6 Å². The minimum atomic E-state index is -2.77. The molecule has 0 fully saturated rings. The second kappa shape index (κ2) is 7.18. The first-order chi connectivity index (χ1) is 8.97. The zero-order valence-corrected chi connectivity index (χ0v) is 11.3. The van der Waals surface area contributed by atoms with Gasteiger partial charge in [-0.2, -0.15) is 0 Å². The van der Waals surface area contributed by atoms with Gasteiger partial charge in [0.25, 0.3) is 6.43 Å². The molecule has 5 nitrogen and oxygen atoms in total. The van der Waals surface area contributed by atoms with Gasteiger partial charge in [0.15, 0.2) is 0 Å². The van der Waals surface area contributed by atoms with Crippen LogP contribution in [0.25, 0.3) is 0 Å². The summed E-state index contributed by atoms with van der Waals surface area (Å²) in [4.78, 5) is 8.20. The van der Waals surface area contributed by atoms with Crippen molar-refractivity contribution in [2.24, 2.45) is 0 Å². The number of aliphatic hydroxyl groups is 1. The normalized spacial score (nSPS) is 12.8. The molecule has 1 atom stereocenters. The van der Waals surface area contributed by atoms with Crippen molar-refractivity contribution in [1.82, 2.24) is 9.97 Å². The first kappa shape index (κ1) is 15.6. The van der Waals surface area contributed by atoms with Gasteiger partial charge in [-0.15, -0.1) is 0 Å². The molecule has 1 unspecified atom stereocenters. The monoisotopic (exact) mass is 274 g/mol. The number of anilines is 2. The molecule has 7 heteroatoms. The highest BCUT2D eigenvalue weighted by atomic mass is 19.3. The third-order valence-corrected chi connectivity index (χ3v) is 2.57. The molecule has 108 valence electrons. The van der Waals surface area contributed by atoms with Crippen LogP contribution >= 0.6 is 0 Å². The van der Waals surface area contributed by atoms with E-state index in [1.165, 1.54) is 6.33 Å². The summed E-state index contributed by atoms with van der Waals surface area (Å²) in [6.45, 7) is 6.33. The summed E-state index contributed by atoms with van der Waals surface area (Å²) in [5.41, 5.74) is 0.825. The summed E-state index contributed by atoms with van der Waals surface area (Å²) in [5, 5.41) is 15.0. The molecule has 1 heterocycles. The van der Waals surface area contributed by atoms with Gasteiger partial charge in [-0.25, -0.2) is 18.7 Å². The van der Waals surface area contributed by atoms with Gasteiger partial charge in [0.05, 0.1) is 0 Å². The van der Waals surface area contributed by atoms with E-state index in [4.69, 9.17) is 5.11 Å². The number of hydrogen-bond donors (Lipinski definition) is 3. The maximum Gasteiger partial charge on any atom is 0.265 e. The number of alkyl halides is 2. The van der Waals surface area contributed by atoms with Gasteiger partial charge in [0, 0.05) is 18.7 Å². The number of nitrogens with one attached hydrogen (secondary N) is 2. The van der Waals surface area contributed by atoms with Crippen LogP contribution in [-0.4, -0.2) is 40.7 Å². The van der Waals surface area contributed by atoms with Gasteiger partial charge < -0.3 is 15.7 Å². The molecule has 0 aliphatic heterocycles. The molecule has 0 aromatic carbocycles. The average Bonchev–Trinajstić information content (AvgIpc) is 2.35. The highest BCUT2D eigenvalue weighted by molar-refractivity contribution is 5.59. The summed E-state index contributed by atoms with van der Waals surface area (Å²) in [6, 6.07) is 0. The molecule has 0 radical (unpaired) electrons. The molecular formula is C12H20F2N4O. The highest BCUT2D eigenvalue weighted by Gasteiger charge is 2.19. The number of nitrogens with zero attached hydrogens (tertiary/aromatic N) is 2. The fourth-order valence-electron chi connectivity index (χ4n) is 1.68. The topological polar surface area (TPSA) is 70.1 Å². The second-order valence-corrected chi connectivity index (χ2v) is 4.45.